The molecule has 1 amide bonds. The Kier molecular flexibility index (Phi) is 9.15. The summed E-state index contributed by atoms with van der Waals surface area (Å²) in [6, 6.07) is 15.7. The monoisotopic (exact) mass is 414 g/mol. The van der Waals surface area contributed by atoms with Gasteiger partial charge in [-0.1, -0.05) is 24.3 Å². The number of hydrogen-bond donors (Lipinski definition) is 2. The average molecular weight is 415 g/mol. The Morgan fingerprint density at radius 3 is 2.23 bits per heavy atom. The van der Waals surface area contributed by atoms with E-state index in [1.807, 2.05) is 76.2 Å². The van der Waals surface area contributed by atoms with E-state index in [9.17, 15) is 4.79 Å². The molecule has 0 radical (unpaired) electrons. The van der Waals surface area contributed by atoms with E-state index in [0.717, 1.165) is 24.2 Å². The number of benzene rings is 2. The molecule has 0 saturated carbocycles. The van der Waals surface area contributed by atoms with E-state index in [2.05, 4.69) is 5.32 Å². The van der Waals surface area contributed by atoms with Crippen molar-refractivity contribution in [3.63, 3.8) is 0 Å². The summed E-state index contributed by atoms with van der Waals surface area (Å²) >= 11 is 0. The summed E-state index contributed by atoms with van der Waals surface area (Å²) in [4.78, 5) is 11.8. The first-order valence-electron chi connectivity index (χ1n) is 10.4. The highest BCUT2D eigenvalue weighted by molar-refractivity contribution is 5.84. The number of carbonyl (C=O) groups excluding carboxylic acids is 1. The number of ether oxygens (including phenoxy) is 3. The Hall–Kier alpha value is -2.57. The van der Waals surface area contributed by atoms with Crippen molar-refractivity contribution in [3.8, 4) is 5.75 Å². The lowest BCUT2D eigenvalue weighted by molar-refractivity contribution is 0.0635. The van der Waals surface area contributed by atoms with E-state index in [0.29, 0.717) is 25.4 Å². The van der Waals surface area contributed by atoms with Gasteiger partial charge in [-0.25, -0.2) is 4.79 Å². The van der Waals surface area contributed by atoms with Crippen LogP contribution in [0.15, 0.2) is 48.5 Å². The summed E-state index contributed by atoms with van der Waals surface area (Å²) in [5.41, 5.74) is 8.23. The van der Waals surface area contributed by atoms with E-state index in [-0.39, 0.29) is 6.10 Å². The number of hydrogen-bond acceptors (Lipinski definition) is 5. The van der Waals surface area contributed by atoms with Crippen LogP contribution < -0.4 is 15.8 Å². The molecule has 0 aliphatic carbocycles. The van der Waals surface area contributed by atoms with Crippen molar-refractivity contribution in [2.24, 2.45) is 5.73 Å². The Morgan fingerprint density at radius 2 is 1.67 bits per heavy atom. The maximum absolute atomic E-state index is 11.8. The van der Waals surface area contributed by atoms with E-state index < -0.39 is 11.7 Å². The van der Waals surface area contributed by atoms with Crippen molar-refractivity contribution in [1.82, 2.24) is 0 Å². The Labute approximate surface area is 179 Å². The van der Waals surface area contributed by atoms with Gasteiger partial charge in [0.25, 0.3) is 0 Å². The minimum atomic E-state index is -0.519. The molecule has 0 aliphatic heterocycles. The zero-order valence-electron chi connectivity index (χ0n) is 18.4. The quantitative estimate of drug-likeness (QED) is 0.595. The van der Waals surface area contributed by atoms with Crippen LogP contribution in [0.1, 0.15) is 38.8 Å². The first-order valence-corrected chi connectivity index (χ1v) is 10.4. The molecule has 0 saturated heterocycles. The third kappa shape index (κ3) is 8.84. The molecule has 1 unspecified atom stereocenters. The van der Waals surface area contributed by atoms with Crippen molar-refractivity contribution >= 4 is 11.8 Å². The van der Waals surface area contributed by atoms with Gasteiger partial charge in [-0.05, 0) is 69.5 Å². The molecule has 2 aromatic carbocycles. The van der Waals surface area contributed by atoms with E-state index >= 15 is 0 Å². The van der Waals surface area contributed by atoms with Crippen LogP contribution in [0.4, 0.5) is 10.5 Å². The molecule has 0 aromatic heterocycles. The SMILES string of the molecule is CCOC(CN)Cc1ccc(OCCc2ccc(NC(=O)OC(C)(C)C)cc2)cc1. The molecule has 0 bridgehead atoms. The average Bonchev–Trinajstić information content (AvgIpc) is 2.69. The van der Waals surface area contributed by atoms with Crippen LogP contribution in [-0.4, -0.2) is 37.6 Å². The van der Waals surface area contributed by atoms with Gasteiger partial charge in [0, 0.05) is 25.3 Å². The molecular formula is C24H34N2O4. The fraction of sp³-hybridized carbons (Fsp3) is 0.458. The molecule has 0 aliphatic rings. The van der Waals surface area contributed by atoms with E-state index in [1.165, 1.54) is 5.56 Å². The molecule has 2 aromatic rings. The number of carbonyl (C=O) groups is 1. The minimum Gasteiger partial charge on any atom is -0.493 e. The predicted molar refractivity (Wildman–Crippen MR) is 120 cm³/mol. The molecule has 1 atom stereocenters. The van der Waals surface area contributed by atoms with Gasteiger partial charge in [0.1, 0.15) is 11.4 Å². The molecule has 6 heteroatoms. The van der Waals surface area contributed by atoms with Crippen LogP contribution in [-0.2, 0) is 22.3 Å². The van der Waals surface area contributed by atoms with Gasteiger partial charge in [0.15, 0.2) is 0 Å². The van der Waals surface area contributed by atoms with Gasteiger partial charge < -0.3 is 19.9 Å². The molecule has 0 fully saturated rings. The van der Waals surface area contributed by atoms with Gasteiger partial charge in [-0.15, -0.1) is 0 Å². The number of rotatable bonds is 10. The molecule has 0 spiro atoms. The first kappa shape index (κ1) is 23.7. The number of anilines is 1. The largest absolute Gasteiger partial charge is 0.493 e. The summed E-state index contributed by atoms with van der Waals surface area (Å²) in [6.07, 6.45) is 1.16. The van der Waals surface area contributed by atoms with Crippen LogP contribution in [0.5, 0.6) is 5.75 Å². The summed E-state index contributed by atoms with van der Waals surface area (Å²) in [7, 11) is 0. The fourth-order valence-corrected chi connectivity index (χ4v) is 2.89. The molecule has 2 rings (SSSR count). The van der Waals surface area contributed by atoms with Gasteiger partial charge in [-0.2, -0.15) is 0 Å². The highest BCUT2D eigenvalue weighted by Gasteiger charge is 2.16. The van der Waals surface area contributed by atoms with Crippen LogP contribution in [0.3, 0.4) is 0 Å². The summed E-state index contributed by atoms with van der Waals surface area (Å²) < 4.78 is 16.7. The topological polar surface area (TPSA) is 82.8 Å². The van der Waals surface area contributed by atoms with Crippen molar-refractivity contribution < 1.29 is 19.0 Å². The number of nitrogens with two attached hydrogens (primary N) is 1. The van der Waals surface area contributed by atoms with Gasteiger partial charge in [0.2, 0.25) is 0 Å². The highest BCUT2D eigenvalue weighted by atomic mass is 16.6. The summed E-state index contributed by atoms with van der Waals surface area (Å²) in [6.45, 7) is 9.23. The highest BCUT2D eigenvalue weighted by Crippen LogP contribution is 2.16. The third-order valence-electron chi connectivity index (χ3n) is 4.31. The standard InChI is InChI=1S/C24H34N2O4/c1-5-28-22(17-25)16-19-8-12-21(13-9-19)29-15-14-18-6-10-20(11-7-18)26-23(27)30-24(2,3)4/h6-13,22H,5,14-17,25H2,1-4H3,(H,26,27). The zero-order chi connectivity index (χ0) is 22.0. The van der Waals surface area contributed by atoms with E-state index in [1.54, 1.807) is 0 Å². The summed E-state index contributed by atoms with van der Waals surface area (Å²) in [5, 5.41) is 2.73. The number of amides is 1. The lowest BCUT2D eigenvalue weighted by Crippen LogP contribution is -2.27. The lowest BCUT2D eigenvalue weighted by atomic mass is 10.1. The third-order valence-corrected chi connectivity index (χ3v) is 4.31. The van der Waals surface area contributed by atoms with Gasteiger partial charge in [0.05, 0.1) is 12.7 Å². The second-order valence-corrected chi connectivity index (χ2v) is 8.08. The van der Waals surface area contributed by atoms with Gasteiger partial charge >= 0.3 is 6.09 Å². The maximum atomic E-state index is 11.8. The minimum absolute atomic E-state index is 0.0505. The van der Waals surface area contributed by atoms with Crippen LogP contribution in [0.2, 0.25) is 0 Å². The molecule has 30 heavy (non-hydrogen) atoms. The number of nitrogens with one attached hydrogen (secondary N) is 1. The van der Waals surface area contributed by atoms with Gasteiger partial charge in [-0.3, -0.25) is 5.32 Å². The van der Waals surface area contributed by atoms with Crippen molar-refractivity contribution in [2.45, 2.75) is 52.2 Å². The van der Waals surface area contributed by atoms with Crippen LogP contribution in [0, 0.1) is 0 Å². The second-order valence-electron chi connectivity index (χ2n) is 8.08. The Balaban J connectivity index is 1.76. The predicted octanol–water partition coefficient (Wildman–Crippen LogP) is 4.56. The van der Waals surface area contributed by atoms with Crippen LogP contribution >= 0.6 is 0 Å². The molecule has 164 valence electrons. The Bertz CT molecular complexity index is 767. The van der Waals surface area contributed by atoms with Crippen LogP contribution in [0.25, 0.3) is 0 Å². The molecule has 0 heterocycles. The Morgan fingerprint density at radius 1 is 1.03 bits per heavy atom. The smallest absolute Gasteiger partial charge is 0.412 e. The molecule has 3 N–H and O–H groups in total. The second kappa shape index (κ2) is 11.6. The lowest BCUT2D eigenvalue weighted by Gasteiger charge is -2.19. The van der Waals surface area contributed by atoms with E-state index in [4.69, 9.17) is 19.9 Å². The normalized spacial score (nSPS) is 12.3. The van der Waals surface area contributed by atoms with Crippen molar-refractivity contribution in [2.75, 3.05) is 25.1 Å². The molecular weight excluding hydrogens is 380 g/mol. The fourth-order valence-electron chi connectivity index (χ4n) is 2.89. The maximum Gasteiger partial charge on any atom is 0.412 e. The first-order chi connectivity index (χ1) is 14.3. The summed E-state index contributed by atoms with van der Waals surface area (Å²) in [5.74, 6) is 0.836. The van der Waals surface area contributed by atoms with Crippen molar-refractivity contribution in [1.29, 1.82) is 0 Å². The van der Waals surface area contributed by atoms with Crippen molar-refractivity contribution in [3.05, 3.63) is 59.7 Å². The zero-order valence-corrected chi connectivity index (χ0v) is 18.4. The molecule has 6 nitrogen and oxygen atoms in total.